The first-order valence-corrected chi connectivity index (χ1v) is 7.05. The summed E-state index contributed by atoms with van der Waals surface area (Å²) >= 11 is 1.31. The van der Waals surface area contributed by atoms with E-state index in [0.717, 1.165) is 10.8 Å². The number of carbonyl (C=O) groups excluding carboxylic acids is 1. The lowest BCUT2D eigenvalue weighted by Crippen LogP contribution is -2.18. The lowest BCUT2D eigenvalue weighted by molar-refractivity contribution is -0.123. The number of ether oxygens (including phenoxy) is 1. The molecule has 2 N–H and O–H groups in total. The summed E-state index contributed by atoms with van der Waals surface area (Å²) in [5.41, 5.74) is 0. The smallest absolute Gasteiger partial charge is 0.290 e. The second kappa shape index (κ2) is 8.85. The summed E-state index contributed by atoms with van der Waals surface area (Å²) < 4.78 is 6.90. The Labute approximate surface area is 131 Å². The molecule has 1 unspecified atom stereocenters. The lowest BCUT2D eigenvalue weighted by atomic mass is 10.4. The largest absolute Gasteiger partial charge is 0.483 e. The van der Waals surface area contributed by atoms with E-state index in [9.17, 15) is 4.79 Å². The molecule has 0 spiro atoms. The molecule has 0 saturated heterocycles. The summed E-state index contributed by atoms with van der Waals surface area (Å²) in [6.07, 6.45) is 3.29. The predicted molar refractivity (Wildman–Crippen MR) is 79.6 cm³/mol. The second-order valence-electron chi connectivity index (χ2n) is 4.08. The van der Waals surface area contributed by atoms with Gasteiger partial charge in [-0.05, 0) is 13.8 Å². The number of aryl methyl sites for hydroxylation is 1. The fourth-order valence-electron chi connectivity index (χ4n) is 1.43. The van der Waals surface area contributed by atoms with E-state index in [-0.39, 0.29) is 25.0 Å². The number of methoxy groups -OCH3 is 1. The van der Waals surface area contributed by atoms with Crippen molar-refractivity contribution in [3.8, 4) is 0 Å². The second-order valence-corrected chi connectivity index (χ2v) is 5.09. The van der Waals surface area contributed by atoms with E-state index in [1.165, 1.54) is 11.3 Å². The van der Waals surface area contributed by atoms with E-state index >= 15 is 0 Å². The Hall–Kier alpha value is -2.33. The van der Waals surface area contributed by atoms with Gasteiger partial charge in [0.25, 0.3) is 6.47 Å². The summed E-state index contributed by atoms with van der Waals surface area (Å²) in [4.78, 5) is 24.2. The molecule has 0 saturated carbocycles. The van der Waals surface area contributed by atoms with Gasteiger partial charge in [0, 0.05) is 19.5 Å². The van der Waals surface area contributed by atoms with Crippen molar-refractivity contribution >= 4 is 28.8 Å². The van der Waals surface area contributed by atoms with Gasteiger partial charge >= 0.3 is 0 Å². The summed E-state index contributed by atoms with van der Waals surface area (Å²) in [7, 11) is 1.60. The minimum Gasteiger partial charge on any atom is -0.483 e. The molecule has 0 aromatic carbocycles. The van der Waals surface area contributed by atoms with Gasteiger partial charge in [0.1, 0.15) is 23.5 Å². The minimum atomic E-state index is -0.250. The highest BCUT2D eigenvalue weighted by atomic mass is 32.1. The van der Waals surface area contributed by atoms with Crippen molar-refractivity contribution in [2.45, 2.75) is 26.5 Å². The van der Waals surface area contributed by atoms with Crippen LogP contribution in [0.4, 0.5) is 5.13 Å². The molecule has 0 aliphatic carbocycles. The summed E-state index contributed by atoms with van der Waals surface area (Å²) in [6.45, 7) is 3.68. The number of aromatic nitrogens is 4. The molecular weight excluding hydrogens is 310 g/mol. The molecule has 2 rings (SSSR count). The first-order chi connectivity index (χ1) is 10.5. The number of nitrogens with one attached hydrogen (secondary N) is 1. The van der Waals surface area contributed by atoms with Gasteiger partial charge in [0.15, 0.2) is 0 Å². The van der Waals surface area contributed by atoms with Gasteiger partial charge in [-0.25, -0.2) is 4.98 Å². The van der Waals surface area contributed by atoms with Crippen LogP contribution in [0, 0.1) is 6.92 Å². The molecule has 22 heavy (non-hydrogen) atoms. The van der Waals surface area contributed by atoms with Crippen LogP contribution in [0.15, 0.2) is 12.4 Å². The minimum absolute atomic E-state index is 0.126. The first-order valence-electron chi connectivity index (χ1n) is 6.23. The average molecular weight is 327 g/mol. The SMILES string of the molecule is COC(C)c1nnc(NC(=O)Cn2ccnc2C)s1.O=CO. The normalized spacial score (nSPS) is 11.2. The fraction of sp³-hybridized carbons (Fsp3) is 0.417. The fourth-order valence-corrected chi connectivity index (χ4v) is 2.22. The molecule has 0 fully saturated rings. The molecule has 0 aliphatic rings. The Kier molecular flexibility index (Phi) is 7.13. The van der Waals surface area contributed by atoms with E-state index in [2.05, 4.69) is 20.5 Å². The summed E-state index contributed by atoms with van der Waals surface area (Å²) in [5, 5.41) is 18.7. The lowest BCUT2D eigenvalue weighted by Gasteiger charge is -2.04. The Morgan fingerprint density at radius 2 is 2.27 bits per heavy atom. The summed E-state index contributed by atoms with van der Waals surface area (Å²) in [6, 6.07) is 0. The van der Waals surface area contributed by atoms with Crippen LogP contribution in [-0.2, 0) is 20.9 Å². The molecule has 10 heteroatoms. The van der Waals surface area contributed by atoms with Gasteiger partial charge in [0.2, 0.25) is 11.0 Å². The van der Waals surface area contributed by atoms with E-state index in [4.69, 9.17) is 14.6 Å². The van der Waals surface area contributed by atoms with E-state index in [1.54, 1.807) is 24.1 Å². The molecule has 0 bridgehead atoms. The molecule has 9 nitrogen and oxygen atoms in total. The van der Waals surface area contributed by atoms with Crippen LogP contribution in [-0.4, -0.2) is 44.3 Å². The average Bonchev–Trinajstić information content (AvgIpc) is 3.09. The molecule has 1 amide bonds. The van der Waals surface area contributed by atoms with Gasteiger partial charge in [-0.2, -0.15) is 0 Å². The van der Waals surface area contributed by atoms with Crippen molar-refractivity contribution in [1.29, 1.82) is 0 Å². The maximum absolute atomic E-state index is 11.8. The third-order valence-corrected chi connectivity index (χ3v) is 3.63. The standard InChI is InChI=1S/C11H15N5O2S.CH2O2/c1-7(18-3)10-14-15-11(19-10)13-9(17)6-16-5-4-12-8(16)2;2-1-3/h4-5,7H,6H2,1-3H3,(H,13,15,17);1H,(H,2,3). The zero-order chi connectivity index (χ0) is 16.5. The Morgan fingerprint density at radius 3 is 2.82 bits per heavy atom. The predicted octanol–water partition coefficient (Wildman–Crippen LogP) is 1.09. The van der Waals surface area contributed by atoms with Crippen molar-refractivity contribution in [3.05, 3.63) is 23.2 Å². The maximum Gasteiger partial charge on any atom is 0.290 e. The van der Waals surface area contributed by atoms with Crippen LogP contribution in [0.1, 0.15) is 23.9 Å². The number of carbonyl (C=O) groups is 2. The van der Waals surface area contributed by atoms with Crippen LogP contribution in [0.2, 0.25) is 0 Å². The van der Waals surface area contributed by atoms with E-state index < -0.39 is 0 Å². The van der Waals surface area contributed by atoms with Crippen molar-refractivity contribution in [2.75, 3.05) is 12.4 Å². The van der Waals surface area contributed by atoms with Gasteiger partial charge in [-0.3, -0.25) is 14.9 Å². The molecule has 1 atom stereocenters. The highest BCUT2D eigenvalue weighted by molar-refractivity contribution is 7.15. The highest BCUT2D eigenvalue weighted by Crippen LogP contribution is 2.23. The van der Waals surface area contributed by atoms with Crippen LogP contribution < -0.4 is 5.32 Å². The molecule has 120 valence electrons. The van der Waals surface area contributed by atoms with E-state index in [0.29, 0.717) is 5.13 Å². The number of rotatable bonds is 5. The quantitative estimate of drug-likeness (QED) is 0.789. The Bertz CT molecular complexity index is 612. The topological polar surface area (TPSA) is 119 Å². The number of hydrogen-bond acceptors (Lipinski definition) is 7. The molecule has 0 radical (unpaired) electrons. The first kappa shape index (κ1) is 17.7. The van der Waals surface area contributed by atoms with Crippen LogP contribution >= 0.6 is 11.3 Å². The van der Waals surface area contributed by atoms with Gasteiger partial charge < -0.3 is 14.4 Å². The van der Waals surface area contributed by atoms with Crippen molar-refractivity contribution in [1.82, 2.24) is 19.7 Å². The van der Waals surface area contributed by atoms with Gasteiger partial charge in [-0.1, -0.05) is 11.3 Å². The van der Waals surface area contributed by atoms with Gasteiger partial charge in [-0.15, -0.1) is 10.2 Å². The van der Waals surface area contributed by atoms with Crippen LogP contribution in [0.3, 0.4) is 0 Å². The number of carboxylic acid groups (broad SMARTS) is 1. The number of imidazole rings is 1. The number of amides is 1. The molecule has 2 aromatic rings. The zero-order valence-corrected chi connectivity index (χ0v) is 13.2. The van der Waals surface area contributed by atoms with Crippen molar-refractivity contribution in [2.24, 2.45) is 0 Å². The molecule has 2 aromatic heterocycles. The molecule has 2 heterocycles. The third kappa shape index (κ3) is 5.22. The molecular formula is C12H17N5O4S. The van der Waals surface area contributed by atoms with E-state index in [1.807, 2.05) is 13.8 Å². The van der Waals surface area contributed by atoms with Crippen molar-refractivity contribution in [3.63, 3.8) is 0 Å². The monoisotopic (exact) mass is 327 g/mol. The summed E-state index contributed by atoms with van der Waals surface area (Å²) in [5.74, 6) is 0.634. The maximum atomic E-state index is 11.8. The third-order valence-electron chi connectivity index (χ3n) is 2.63. The number of hydrogen-bond donors (Lipinski definition) is 2. The zero-order valence-electron chi connectivity index (χ0n) is 12.4. The number of nitrogens with zero attached hydrogens (tertiary/aromatic N) is 4. The van der Waals surface area contributed by atoms with Gasteiger partial charge in [0.05, 0.1) is 0 Å². The van der Waals surface area contributed by atoms with Crippen molar-refractivity contribution < 1.29 is 19.4 Å². The Morgan fingerprint density at radius 1 is 1.59 bits per heavy atom. The van der Waals surface area contributed by atoms with Crippen LogP contribution in [0.5, 0.6) is 0 Å². The highest BCUT2D eigenvalue weighted by Gasteiger charge is 2.13. The Balaban J connectivity index is 0.000000745. The van der Waals surface area contributed by atoms with Crippen LogP contribution in [0.25, 0.3) is 0 Å². The molecule has 0 aliphatic heterocycles. The number of anilines is 1.